The first-order valence-corrected chi connectivity index (χ1v) is 10.3. The van der Waals surface area contributed by atoms with Crippen LogP contribution >= 0.6 is 15.9 Å². The number of hydrogen-bond donors (Lipinski definition) is 2. The third kappa shape index (κ3) is 5.37. The summed E-state index contributed by atoms with van der Waals surface area (Å²) in [5.41, 5.74) is 0.244. The fourth-order valence-corrected chi connectivity index (χ4v) is 3.53. The van der Waals surface area contributed by atoms with Gasteiger partial charge in [-0.1, -0.05) is 6.08 Å². The van der Waals surface area contributed by atoms with Crippen LogP contribution in [0.2, 0.25) is 0 Å². The van der Waals surface area contributed by atoms with E-state index < -0.39 is 10.0 Å². The lowest BCUT2D eigenvalue weighted by atomic mass is 10.2. The highest BCUT2D eigenvalue weighted by atomic mass is 79.9. The first-order valence-electron chi connectivity index (χ1n) is 7.94. The Morgan fingerprint density at radius 3 is 2.50 bits per heavy atom. The van der Waals surface area contributed by atoms with Gasteiger partial charge in [0.25, 0.3) is 5.91 Å². The summed E-state index contributed by atoms with van der Waals surface area (Å²) in [5.74, 6) is -0.369. The van der Waals surface area contributed by atoms with Gasteiger partial charge in [0, 0.05) is 37.2 Å². The zero-order valence-corrected chi connectivity index (χ0v) is 16.6. The third-order valence-corrected chi connectivity index (χ3v) is 5.57. The largest absolute Gasteiger partial charge is 0.352 e. The van der Waals surface area contributed by atoms with Crippen molar-refractivity contribution in [2.45, 2.75) is 4.90 Å². The van der Waals surface area contributed by atoms with Gasteiger partial charge in [0.15, 0.2) is 0 Å². The van der Waals surface area contributed by atoms with Crippen LogP contribution in [0, 0.1) is 0 Å². The van der Waals surface area contributed by atoms with Crippen molar-refractivity contribution in [3.05, 3.63) is 40.9 Å². The summed E-state index contributed by atoms with van der Waals surface area (Å²) in [6, 6.07) is 4.11. The van der Waals surface area contributed by atoms with Crippen molar-refractivity contribution in [3.8, 4) is 0 Å². The Morgan fingerprint density at radius 2 is 1.92 bits per heavy atom. The van der Waals surface area contributed by atoms with E-state index in [0.717, 1.165) is 0 Å². The van der Waals surface area contributed by atoms with Gasteiger partial charge in [-0.3, -0.25) is 14.5 Å². The fourth-order valence-electron chi connectivity index (χ4n) is 2.57. The summed E-state index contributed by atoms with van der Waals surface area (Å²) >= 11 is 3.28. The van der Waals surface area contributed by atoms with Crippen LogP contribution in [-0.2, 0) is 14.8 Å². The number of nitrogens with two attached hydrogens (primary N) is 1. The minimum Gasteiger partial charge on any atom is -0.352 e. The van der Waals surface area contributed by atoms with Gasteiger partial charge in [-0.25, -0.2) is 13.6 Å². The summed E-state index contributed by atoms with van der Waals surface area (Å²) < 4.78 is 23.5. The number of nitrogens with one attached hydrogen (secondary N) is 1. The molecule has 1 heterocycles. The number of rotatable bonds is 6. The zero-order chi connectivity index (χ0) is 19.3. The Balaban J connectivity index is 2.00. The summed E-state index contributed by atoms with van der Waals surface area (Å²) in [7, 11) is -3.89. The lowest BCUT2D eigenvalue weighted by Gasteiger charge is -2.34. The average molecular weight is 445 g/mol. The molecule has 3 N–H and O–H groups in total. The number of carbonyl (C=O) groups excluding carboxylic acids is 2. The van der Waals surface area contributed by atoms with Crippen LogP contribution in [0.4, 0.5) is 0 Å². The molecule has 0 spiro atoms. The van der Waals surface area contributed by atoms with Crippen molar-refractivity contribution < 1.29 is 18.0 Å². The first kappa shape index (κ1) is 20.6. The minimum atomic E-state index is -3.89. The Bertz CT molecular complexity index is 804. The van der Waals surface area contributed by atoms with Crippen LogP contribution in [0.3, 0.4) is 0 Å². The smallest absolute Gasteiger partial charge is 0.255 e. The highest BCUT2D eigenvalue weighted by Gasteiger charge is 2.25. The lowest BCUT2D eigenvalue weighted by molar-refractivity contribution is -0.122. The van der Waals surface area contributed by atoms with Crippen LogP contribution in [0.1, 0.15) is 10.4 Å². The van der Waals surface area contributed by atoms with Crippen LogP contribution in [0.25, 0.3) is 0 Å². The second-order valence-electron chi connectivity index (χ2n) is 5.85. The maximum absolute atomic E-state index is 12.7. The highest BCUT2D eigenvalue weighted by Crippen LogP contribution is 2.22. The number of hydrogen-bond acceptors (Lipinski definition) is 5. The van der Waals surface area contributed by atoms with Crippen LogP contribution in [0.15, 0.2) is 40.2 Å². The zero-order valence-electron chi connectivity index (χ0n) is 14.2. The van der Waals surface area contributed by atoms with Crippen molar-refractivity contribution in [3.63, 3.8) is 0 Å². The van der Waals surface area contributed by atoms with Gasteiger partial charge in [-0.2, -0.15) is 0 Å². The number of primary sulfonamides is 1. The molecule has 10 heteroatoms. The molecule has 0 saturated carbocycles. The third-order valence-electron chi connectivity index (χ3n) is 3.97. The van der Waals surface area contributed by atoms with E-state index in [-0.39, 0.29) is 28.8 Å². The van der Waals surface area contributed by atoms with Gasteiger partial charge in [0.2, 0.25) is 15.9 Å². The number of piperazine rings is 1. The number of nitrogens with zero attached hydrogens (tertiary/aromatic N) is 2. The maximum atomic E-state index is 12.7. The number of benzene rings is 1. The van der Waals surface area contributed by atoms with Gasteiger partial charge < -0.3 is 10.2 Å². The van der Waals surface area contributed by atoms with Gasteiger partial charge in [-0.05, 0) is 34.1 Å². The number of carbonyl (C=O) groups is 2. The van der Waals surface area contributed by atoms with E-state index in [9.17, 15) is 18.0 Å². The lowest BCUT2D eigenvalue weighted by Crippen LogP contribution is -2.51. The van der Waals surface area contributed by atoms with E-state index in [1.165, 1.54) is 18.2 Å². The molecule has 1 fully saturated rings. The fraction of sp³-hybridized carbons (Fsp3) is 0.375. The van der Waals surface area contributed by atoms with Crippen molar-refractivity contribution in [1.29, 1.82) is 0 Å². The predicted octanol–water partition coefficient (Wildman–Crippen LogP) is 0.157. The molecule has 8 nitrogen and oxygen atoms in total. The quantitative estimate of drug-likeness (QED) is 0.606. The molecule has 2 amide bonds. The summed E-state index contributed by atoms with van der Waals surface area (Å²) in [6.45, 7) is 6.23. The minimum absolute atomic E-state index is 0.0896. The molecule has 0 aromatic heterocycles. The topological polar surface area (TPSA) is 113 Å². The molecule has 26 heavy (non-hydrogen) atoms. The van der Waals surface area contributed by atoms with Crippen molar-refractivity contribution >= 4 is 37.8 Å². The summed E-state index contributed by atoms with van der Waals surface area (Å²) in [4.78, 5) is 27.9. The monoisotopic (exact) mass is 444 g/mol. The van der Waals surface area contributed by atoms with Gasteiger partial charge in [0.05, 0.1) is 17.0 Å². The molecule has 142 valence electrons. The maximum Gasteiger partial charge on any atom is 0.255 e. The molecular weight excluding hydrogens is 424 g/mol. The molecule has 0 bridgehead atoms. The molecular formula is C16H21BrN4O4S. The Morgan fingerprint density at radius 1 is 1.27 bits per heavy atom. The van der Waals surface area contributed by atoms with Crippen LogP contribution in [-0.4, -0.2) is 69.3 Å². The Hall–Kier alpha value is -1.75. The molecule has 0 unspecified atom stereocenters. The molecule has 0 atom stereocenters. The van der Waals surface area contributed by atoms with E-state index in [1.807, 2.05) is 4.90 Å². The summed E-state index contributed by atoms with van der Waals surface area (Å²) in [6.07, 6.45) is 1.61. The standard InChI is InChI=1S/C16H21BrN4O4S/c1-2-5-19-15(22)11-20-6-8-21(9-7-20)16(23)13-10-12(26(18,24)25)3-4-14(13)17/h2-4,10H,1,5-9,11H2,(H,19,22)(H2,18,24,25). The van der Waals surface area contributed by atoms with Gasteiger partial charge in [0.1, 0.15) is 0 Å². The second-order valence-corrected chi connectivity index (χ2v) is 8.26. The number of halogens is 1. The SMILES string of the molecule is C=CCNC(=O)CN1CCN(C(=O)c2cc(S(N)(=O)=O)ccc2Br)CC1. The first-order chi connectivity index (χ1) is 12.2. The van der Waals surface area contributed by atoms with Crippen LogP contribution in [0.5, 0.6) is 0 Å². The van der Waals surface area contributed by atoms with Crippen LogP contribution < -0.4 is 10.5 Å². The normalized spacial score (nSPS) is 15.5. The van der Waals surface area contributed by atoms with E-state index in [1.54, 1.807) is 11.0 Å². The van der Waals surface area contributed by atoms with E-state index in [4.69, 9.17) is 5.14 Å². The number of amides is 2. The molecule has 0 aliphatic carbocycles. The molecule has 1 aromatic carbocycles. The molecule has 1 aromatic rings. The van der Waals surface area contributed by atoms with E-state index >= 15 is 0 Å². The Kier molecular flexibility index (Phi) is 6.93. The summed E-state index contributed by atoms with van der Waals surface area (Å²) in [5, 5.41) is 7.85. The van der Waals surface area contributed by atoms with Crippen molar-refractivity contribution in [1.82, 2.24) is 15.1 Å². The van der Waals surface area contributed by atoms with E-state index in [0.29, 0.717) is 37.2 Å². The Labute approximate surface area is 161 Å². The molecule has 2 rings (SSSR count). The second kappa shape index (κ2) is 8.76. The van der Waals surface area contributed by atoms with Crippen molar-refractivity contribution in [2.24, 2.45) is 5.14 Å². The highest BCUT2D eigenvalue weighted by molar-refractivity contribution is 9.10. The van der Waals surface area contributed by atoms with Gasteiger partial charge >= 0.3 is 0 Å². The average Bonchev–Trinajstić information content (AvgIpc) is 2.59. The molecule has 1 aliphatic heterocycles. The van der Waals surface area contributed by atoms with Crippen molar-refractivity contribution in [2.75, 3.05) is 39.3 Å². The molecule has 0 radical (unpaired) electrons. The van der Waals surface area contributed by atoms with E-state index in [2.05, 4.69) is 27.8 Å². The molecule has 1 saturated heterocycles. The number of sulfonamides is 1. The van der Waals surface area contributed by atoms with Gasteiger partial charge in [-0.15, -0.1) is 6.58 Å². The molecule has 1 aliphatic rings. The predicted molar refractivity (Wildman–Crippen MR) is 101 cm³/mol.